The molecule has 1 saturated heterocycles. The summed E-state index contributed by atoms with van der Waals surface area (Å²) in [5.41, 5.74) is 1.48. The zero-order valence-electron chi connectivity index (χ0n) is 23.3. The molecule has 0 aliphatic carbocycles. The van der Waals surface area contributed by atoms with Gasteiger partial charge in [-0.25, -0.2) is 18.8 Å². The second-order valence-corrected chi connectivity index (χ2v) is 10.5. The number of amides is 1. The molecule has 214 valence electrons. The molecule has 0 bridgehead atoms. The number of carbonyl (C=O) groups excluding carboxylic acids is 1. The average Bonchev–Trinajstić information content (AvgIpc) is 2.93. The van der Waals surface area contributed by atoms with Gasteiger partial charge in [0.25, 0.3) is 0 Å². The lowest BCUT2D eigenvalue weighted by Crippen LogP contribution is -2.56. The summed E-state index contributed by atoms with van der Waals surface area (Å²) in [5, 5.41) is 22.0. The number of aromatic nitrogens is 2. The number of hydrogen-bond donors (Lipinski definition) is 2. The first-order valence-electron chi connectivity index (χ1n) is 13.4. The highest BCUT2D eigenvalue weighted by Crippen LogP contribution is 2.42. The van der Waals surface area contributed by atoms with Crippen molar-refractivity contribution in [2.24, 2.45) is 4.99 Å². The summed E-state index contributed by atoms with van der Waals surface area (Å²) in [6, 6.07) is 6.45. The quantitative estimate of drug-likeness (QED) is 0.453. The van der Waals surface area contributed by atoms with E-state index in [2.05, 4.69) is 21.5 Å². The van der Waals surface area contributed by atoms with Gasteiger partial charge in [-0.2, -0.15) is 0 Å². The topological polar surface area (TPSA) is 105 Å². The highest BCUT2D eigenvalue weighted by Gasteiger charge is 2.38. The van der Waals surface area contributed by atoms with Crippen molar-refractivity contribution in [1.29, 1.82) is 0 Å². The van der Waals surface area contributed by atoms with Gasteiger partial charge in [-0.05, 0) is 55.7 Å². The molecule has 2 aromatic heterocycles. The number of aliphatic hydroxyl groups excluding tert-OH is 1. The van der Waals surface area contributed by atoms with Crippen LogP contribution in [0.5, 0.6) is 5.75 Å². The van der Waals surface area contributed by atoms with Crippen molar-refractivity contribution >= 4 is 23.2 Å². The highest BCUT2D eigenvalue weighted by atomic mass is 19.1. The van der Waals surface area contributed by atoms with E-state index in [1.807, 2.05) is 32.6 Å². The predicted molar refractivity (Wildman–Crippen MR) is 152 cm³/mol. The standard InChI is InChI=1S/C30H32F2N6O3/c1-6-23(40)36-12-13-37(18(5)15-36)28-19-14-21(32)26(24-20(31)8-7-9-22(24)39)34-29(19)38(30(41)35-28)27-17(4)10-11-33-25(27)16(2)3/h6-11,14,16,18,30,39,41H,1,12-13,15H2,2-5H3/t18-,30?/m0/s1. The van der Waals surface area contributed by atoms with Gasteiger partial charge in [0.1, 0.15) is 28.9 Å². The van der Waals surface area contributed by atoms with E-state index in [0.29, 0.717) is 36.9 Å². The van der Waals surface area contributed by atoms with E-state index in [4.69, 9.17) is 0 Å². The molecule has 2 N–H and O–H groups in total. The first-order chi connectivity index (χ1) is 19.5. The number of aryl methyl sites for hydroxylation is 1. The van der Waals surface area contributed by atoms with Crippen molar-refractivity contribution in [1.82, 2.24) is 19.8 Å². The van der Waals surface area contributed by atoms with Gasteiger partial charge in [0, 0.05) is 31.9 Å². The van der Waals surface area contributed by atoms with Crippen molar-refractivity contribution in [3.05, 3.63) is 77.6 Å². The lowest BCUT2D eigenvalue weighted by molar-refractivity contribution is -0.128. The van der Waals surface area contributed by atoms with Crippen LogP contribution in [0.2, 0.25) is 0 Å². The van der Waals surface area contributed by atoms with Crippen LogP contribution in [0.4, 0.5) is 20.3 Å². The SMILES string of the molecule is C=CC(=O)N1CCN(C2=NC(O)N(c3c(C)ccnc3C(C)C)c3nc(-c4c(O)cccc4F)c(F)cc32)[C@@H](C)C1. The van der Waals surface area contributed by atoms with Crippen molar-refractivity contribution < 1.29 is 23.8 Å². The lowest BCUT2D eigenvalue weighted by atomic mass is 10.0. The summed E-state index contributed by atoms with van der Waals surface area (Å²) >= 11 is 0. The van der Waals surface area contributed by atoms with Gasteiger partial charge < -0.3 is 20.0 Å². The van der Waals surface area contributed by atoms with Crippen LogP contribution >= 0.6 is 0 Å². The molecule has 1 unspecified atom stereocenters. The van der Waals surface area contributed by atoms with Crippen LogP contribution in [0, 0.1) is 18.6 Å². The van der Waals surface area contributed by atoms with Crippen molar-refractivity contribution in [2.45, 2.75) is 46.0 Å². The number of amidine groups is 1. The molecular formula is C30H32F2N6O3. The molecule has 2 aliphatic rings. The number of rotatable bonds is 4. The number of nitrogens with zero attached hydrogens (tertiary/aromatic N) is 6. The van der Waals surface area contributed by atoms with E-state index in [-0.39, 0.29) is 34.8 Å². The fourth-order valence-corrected chi connectivity index (χ4v) is 5.46. The predicted octanol–water partition coefficient (Wildman–Crippen LogP) is 4.45. The van der Waals surface area contributed by atoms with E-state index in [1.165, 1.54) is 29.2 Å². The highest BCUT2D eigenvalue weighted by molar-refractivity contribution is 6.06. The van der Waals surface area contributed by atoms with E-state index in [9.17, 15) is 19.4 Å². The number of benzene rings is 1. The third-order valence-electron chi connectivity index (χ3n) is 7.45. The fourth-order valence-electron chi connectivity index (χ4n) is 5.46. The van der Waals surface area contributed by atoms with Gasteiger partial charge in [-0.3, -0.25) is 14.7 Å². The molecule has 0 saturated carbocycles. The molecule has 0 spiro atoms. The summed E-state index contributed by atoms with van der Waals surface area (Å²) in [5.74, 6) is -1.98. The van der Waals surface area contributed by atoms with Crippen LogP contribution in [-0.4, -0.2) is 73.8 Å². The Morgan fingerprint density at radius 3 is 2.61 bits per heavy atom. The third-order valence-corrected chi connectivity index (χ3v) is 7.45. The molecule has 0 radical (unpaired) electrons. The molecule has 5 rings (SSSR count). The average molecular weight is 563 g/mol. The van der Waals surface area contributed by atoms with Crippen molar-refractivity contribution in [3.63, 3.8) is 0 Å². The number of aliphatic hydroxyl groups is 1. The Morgan fingerprint density at radius 1 is 1.20 bits per heavy atom. The number of carbonyl (C=O) groups is 1. The number of hydrogen-bond acceptors (Lipinski definition) is 8. The first kappa shape index (κ1) is 28.2. The molecule has 2 atom stereocenters. The van der Waals surface area contributed by atoms with Crippen molar-refractivity contribution in [2.75, 3.05) is 24.5 Å². The van der Waals surface area contributed by atoms with E-state index < -0.39 is 29.4 Å². The molecule has 1 amide bonds. The molecule has 9 nitrogen and oxygen atoms in total. The number of halogens is 2. The molecule has 11 heteroatoms. The van der Waals surface area contributed by atoms with E-state index in [1.54, 1.807) is 17.2 Å². The zero-order valence-corrected chi connectivity index (χ0v) is 23.3. The van der Waals surface area contributed by atoms with Gasteiger partial charge >= 0.3 is 0 Å². The van der Waals surface area contributed by atoms with Crippen LogP contribution in [-0.2, 0) is 4.79 Å². The smallest absolute Gasteiger partial charge is 0.246 e. The van der Waals surface area contributed by atoms with Gasteiger partial charge in [0.15, 0.2) is 5.82 Å². The number of fused-ring (bicyclic) bond motifs is 1. The van der Waals surface area contributed by atoms with Gasteiger partial charge in [0.05, 0.1) is 22.5 Å². The molecule has 4 heterocycles. The van der Waals surface area contributed by atoms with Crippen molar-refractivity contribution in [3.8, 4) is 17.0 Å². The maximum Gasteiger partial charge on any atom is 0.246 e. The van der Waals surface area contributed by atoms with Crippen LogP contribution in [0.1, 0.15) is 43.5 Å². The number of phenolic OH excluding ortho intramolecular Hbond substituents is 1. The third kappa shape index (κ3) is 4.90. The maximum absolute atomic E-state index is 15.8. The van der Waals surface area contributed by atoms with Gasteiger partial charge in [-0.1, -0.05) is 26.5 Å². The molecule has 3 aromatic rings. The number of aromatic hydroxyl groups is 1. The van der Waals surface area contributed by atoms with E-state index >= 15 is 4.39 Å². The second kappa shape index (κ2) is 10.9. The molecule has 1 fully saturated rings. The largest absolute Gasteiger partial charge is 0.507 e. The first-order valence-corrected chi connectivity index (χ1v) is 13.4. The Morgan fingerprint density at radius 2 is 1.95 bits per heavy atom. The Bertz CT molecular complexity index is 1540. The number of aliphatic imine (C=N–C) groups is 1. The maximum atomic E-state index is 15.8. The Kier molecular flexibility index (Phi) is 7.48. The molecule has 1 aromatic carbocycles. The summed E-state index contributed by atoms with van der Waals surface area (Å²) in [4.78, 5) is 31.0. The van der Waals surface area contributed by atoms with Crippen LogP contribution < -0.4 is 4.90 Å². The minimum Gasteiger partial charge on any atom is -0.507 e. The number of pyridine rings is 2. The second-order valence-electron chi connectivity index (χ2n) is 10.5. The van der Waals surface area contributed by atoms with Crippen LogP contribution in [0.3, 0.4) is 0 Å². The number of anilines is 2. The summed E-state index contributed by atoms with van der Waals surface area (Å²) in [7, 11) is 0. The van der Waals surface area contributed by atoms with Gasteiger partial charge in [0.2, 0.25) is 12.3 Å². The Labute approximate surface area is 237 Å². The Balaban J connectivity index is 1.72. The summed E-state index contributed by atoms with van der Waals surface area (Å²) < 4.78 is 30.7. The Hall–Kier alpha value is -4.38. The zero-order chi connectivity index (χ0) is 29.6. The van der Waals surface area contributed by atoms with Gasteiger partial charge in [-0.15, -0.1) is 0 Å². The minimum atomic E-state index is -1.47. The minimum absolute atomic E-state index is 0.0445. The summed E-state index contributed by atoms with van der Waals surface area (Å²) in [6.45, 7) is 12.4. The fraction of sp³-hybridized carbons (Fsp3) is 0.333. The monoisotopic (exact) mass is 562 g/mol. The number of phenols is 1. The normalized spacial score (nSPS) is 18.8. The van der Waals surface area contributed by atoms with Crippen LogP contribution in [0.25, 0.3) is 11.3 Å². The molecular weight excluding hydrogens is 530 g/mol. The van der Waals surface area contributed by atoms with E-state index in [0.717, 1.165) is 11.6 Å². The summed E-state index contributed by atoms with van der Waals surface area (Å²) in [6.07, 6.45) is 1.46. The molecule has 2 aliphatic heterocycles. The number of piperazine rings is 1. The molecule has 41 heavy (non-hydrogen) atoms. The van der Waals surface area contributed by atoms with Crippen LogP contribution in [0.15, 0.2) is 54.2 Å². The lowest BCUT2D eigenvalue weighted by Gasteiger charge is -2.44.